The first-order chi connectivity index (χ1) is 11.0. The van der Waals surface area contributed by atoms with Crippen molar-refractivity contribution in [3.63, 3.8) is 0 Å². The van der Waals surface area contributed by atoms with Crippen LogP contribution in [0.15, 0.2) is 46.9 Å². The van der Waals surface area contributed by atoms with Gasteiger partial charge in [-0.2, -0.15) is 0 Å². The lowest BCUT2D eigenvalue weighted by atomic mass is 10.1. The molecule has 3 rings (SSSR count). The fraction of sp³-hybridized carbons (Fsp3) is 0.176. The third-order valence-electron chi connectivity index (χ3n) is 3.47. The Morgan fingerprint density at radius 1 is 1.09 bits per heavy atom. The summed E-state index contributed by atoms with van der Waals surface area (Å²) in [5.41, 5.74) is 1.49. The van der Waals surface area contributed by atoms with Gasteiger partial charge in [0.2, 0.25) is 0 Å². The van der Waals surface area contributed by atoms with Crippen molar-refractivity contribution in [1.29, 1.82) is 0 Å². The minimum Gasteiger partial charge on any atom is -0.349 e. The Morgan fingerprint density at radius 2 is 1.87 bits per heavy atom. The second-order valence-electron chi connectivity index (χ2n) is 5.41. The van der Waals surface area contributed by atoms with Gasteiger partial charge in [-0.25, -0.2) is 0 Å². The van der Waals surface area contributed by atoms with Crippen molar-refractivity contribution in [2.24, 2.45) is 0 Å². The van der Waals surface area contributed by atoms with Crippen LogP contribution in [0.5, 0.6) is 0 Å². The highest BCUT2D eigenvalue weighted by molar-refractivity contribution is 9.10. The fourth-order valence-corrected chi connectivity index (χ4v) is 2.77. The number of nitrogens with one attached hydrogen (secondary N) is 2. The summed E-state index contributed by atoms with van der Waals surface area (Å²) in [5, 5.41) is 5.97. The maximum Gasteiger partial charge on any atom is 0.255 e. The Hall–Kier alpha value is -1.85. The number of anilines is 1. The van der Waals surface area contributed by atoms with Gasteiger partial charge < -0.3 is 10.6 Å². The van der Waals surface area contributed by atoms with Crippen LogP contribution in [0.25, 0.3) is 0 Å². The largest absolute Gasteiger partial charge is 0.349 e. The number of carbonyl (C=O) groups excluding carboxylic acids is 2. The smallest absolute Gasteiger partial charge is 0.255 e. The van der Waals surface area contributed by atoms with Gasteiger partial charge in [-0.05, 0) is 49.2 Å². The maximum absolute atomic E-state index is 12.2. The Morgan fingerprint density at radius 3 is 2.52 bits per heavy atom. The summed E-state index contributed by atoms with van der Waals surface area (Å²) in [6.07, 6.45) is 2.04. The summed E-state index contributed by atoms with van der Waals surface area (Å²) >= 11 is 9.50. The maximum atomic E-state index is 12.2. The van der Waals surface area contributed by atoms with Gasteiger partial charge in [0.15, 0.2) is 0 Å². The van der Waals surface area contributed by atoms with Crippen LogP contribution < -0.4 is 10.6 Å². The molecule has 2 aromatic rings. The molecule has 0 radical (unpaired) electrons. The Labute approximate surface area is 147 Å². The van der Waals surface area contributed by atoms with E-state index in [1.807, 2.05) is 6.07 Å². The van der Waals surface area contributed by atoms with E-state index in [0.717, 1.165) is 17.3 Å². The molecule has 0 aliphatic heterocycles. The average molecular weight is 394 g/mol. The first kappa shape index (κ1) is 16.0. The third-order valence-corrected chi connectivity index (χ3v) is 4.28. The van der Waals surface area contributed by atoms with Gasteiger partial charge in [0.25, 0.3) is 11.8 Å². The van der Waals surface area contributed by atoms with Gasteiger partial charge in [-0.1, -0.05) is 33.6 Å². The van der Waals surface area contributed by atoms with Gasteiger partial charge in [-0.15, -0.1) is 0 Å². The molecule has 0 aromatic heterocycles. The third kappa shape index (κ3) is 4.12. The van der Waals surface area contributed by atoms with Crippen LogP contribution in [0, 0.1) is 0 Å². The molecule has 118 valence electrons. The molecule has 1 saturated carbocycles. The molecule has 6 heteroatoms. The van der Waals surface area contributed by atoms with E-state index in [1.54, 1.807) is 36.4 Å². The van der Waals surface area contributed by atoms with Crippen molar-refractivity contribution in [2.45, 2.75) is 18.9 Å². The molecule has 1 aliphatic rings. The highest BCUT2D eigenvalue weighted by atomic mass is 79.9. The van der Waals surface area contributed by atoms with Crippen molar-refractivity contribution in [2.75, 3.05) is 5.32 Å². The first-order valence-corrected chi connectivity index (χ1v) is 8.37. The number of amides is 2. The van der Waals surface area contributed by atoms with E-state index in [1.165, 1.54) is 0 Å². The van der Waals surface area contributed by atoms with Crippen LogP contribution in [0.4, 0.5) is 5.69 Å². The quantitative estimate of drug-likeness (QED) is 0.816. The van der Waals surface area contributed by atoms with Crippen LogP contribution in [-0.2, 0) is 0 Å². The number of rotatable bonds is 4. The van der Waals surface area contributed by atoms with Crippen molar-refractivity contribution in [1.82, 2.24) is 5.32 Å². The number of hydrogen-bond acceptors (Lipinski definition) is 2. The molecule has 0 bridgehead atoms. The Bertz CT molecular complexity index is 775. The molecular formula is C17H14BrClN2O2. The average Bonchev–Trinajstić information content (AvgIpc) is 3.31. The standard InChI is InChI=1S/C17H14BrClN2O2/c18-11-3-1-2-10(8-11)16(22)21-13-6-7-14(15(19)9-13)17(23)20-12-4-5-12/h1-3,6-9,12H,4-5H2,(H,20,23)(H,21,22). The molecule has 2 amide bonds. The van der Waals surface area contributed by atoms with Crippen LogP contribution >= 0.6 is 27.5 Å². The van der Waals surface area contributed by atoms with Crippen LogP contribution in [0.3, 0.4) is 0 Å². The van der Waals surface area contributed by atoms with E-state index < -0.39 is 0 Å². The summed E-state index contributed by atoms with van der Waals surface area (Å²) in [7, 11) is 0. The molecular weight excluding hydrogens is 380 g/mol. The second-order valence-corrected chi connectivity index (χ2v) is 6.73. The Kier molecular flexibility index (Phi) is 4.68. The summed E-state index contributed by atoms with van der Waals surface area (Å²) < 4.78 is 0.829. The lowest BCUT2D eigenvalue weighted by Gasteiger charge is -2.09. The van der Waals surface area contributed by atoms with Crippen molar-refractivity contribution in [3.8, 4) is 0 Å². The van der Waals surface area contributed by atoms with Gasteiger partial charge in [0.05, 0.1) is 10.6 Å². The molecule has 4 nitrogen and oxygen atoms in total. The first-order valence-electron chi connectivity index (χ1n) is 7.20. The lowest BCUT2D eigenvalue weighted by Crippen LogP contribution is -2.25. The summed E-state index contributed by atoms with van der Waals surface area (Å²) in [4.78, 5) is 24.2. The van der Waals surface area contributed by atoms with Crippen LogP contribution in [0.1, 0.15) is 33.6 Å². The molecule has 0 spiro atoms. The normalized spacial score (nSPS) is 13.5. The molecule has 1 aliphatic carbocycles. The number of benzene rings is 2. The summed E-state index contributed by atoms with van der Waals surface area (Å²) in [5.74, 6) is -0.417. The molecule has 0 saturated heterocycles. The molecule has 23 heavy (non-hydrogen) atoms. The van der Waals surface area contributed by atoms with Crippen molar-refractivity contribution < 1.29 is 9.59 Å². The highest BCUT2D eigenvalue weighted by Gasteiger charge is 2.24. The van der Waals surface area contributed by atoms with E-state index in [-0.39, 0.29) is 17.9 Å². The molecule has 0 unspecified atom stereocenters. The predicted molar refractivity (Wildman–Crippen MR) is 94.0 cm³/mol. The zero-order chi connectivity index (χ0) is 16.4. The zero-order valence-electron chi connectivity index (χ0n) is 12.1. The van der Waals surface area contributed by atoms with Crippen LogP contribution in [-0.4, -0.2) is 17.9 Å². The second kappa shape index (κ2) is 6.72. The van der Waals surface area contributed by atoms with Gasteiger partial charge in [-0.3, -0.25) is 9.59 Å². The predicted octanol–water partition coefficient (Wildman–Crippen LogP) is 4.25. The zero-order valence-corrected chi connectivity index (χ0v) is 14.4. The monoisotopic (exact) mass is 392 g/mol. The SMILES string of the molecule is O=C(Nc1ccc(C(=O)NC2CC2)c(Cl)c1)c1cccc(Br)c1. The van der Waals surface area contributed by atoms with E-state index in [9.17, 15) is 9.59 Å². The highest BCUT2D eigenvalue weighted by Crippen LogP contribution is 2.24. The van der Waals surface area contributed by atoms with E-state index in [0.29, 0.717) is 21.8 Å². The lowest BCUT2D eigenvalue weighted by molar-refractivity contribution is 0.0950. The Balaban J connectivity index is 1.72. The number of halogens is 2. The molecule has 1 fully saturated rings. The van der Waals surface area contributed by atoms with E-state index in [2.05, 4.69) is 26.6 Å². The fourth-order valence-electron chi connectivity index (χ4n) is 2.10. The van der Waals surface area contributed by atoms with E-state index >= 15 is 0 Å². The van der Waals surface area contributed by atoms with Crippen molar-refractivity contribution in [3.05, 3.63) is 63.1 Å². The summed E-state index contributed by atoms with van der Waals surface area (Å²) in [6, 6.07) is 12.2. The molecule has 2 N–H and O–H groups in total. The minimum absolute atomic E-state index is 0.178. The summed E-state index contributed by atoms with van der Waals surface area (Å²) in [6.45, 7) is 0. The number of carbonyl (C=O) groups is 2. The van der Waals surface area contributed by atoms with Crippen LogP contribution in [0.2, 0.25) is 5.02 Å². The molecule has 2 aromatic carbocycles. The van der Waals surface area contributed by atoms with E-state index in [4.69, 9.17) is 11.6 Å². The van der Waals surface area contributed by atoms with Gasteiger partial charge in [0, 0.05) is 21.8 Å². The molecule has 0 heterocycles. The van der Waals surface area contributed by atoms with Crippen molar-refractivity contribution >= 4 is 45.0 Å². The molecule has 0 atom stereocenters. The minimum atomic E-state index is -0.238. The van der Waals surface area contributed by atoms with Gasteiger partial charge >= 0.3 is 0 Å². The topological polar surface area (TPSA) is 58.2 Å². The van der Waals surface area contributed by atoms with Gasteiger partial charge in [0.1, 0.15) is 0 Å². The number of hydrogen-bond donors (Lipinski definition) is 2.